The highest BCUT2D eigenvalue weighted by molar-refractivity contribution is 7.12. The molecule has 0 spiro atoms. The highest BCUT2D eigenvalue weighted by Crippen LogP contribution is 2.29. The number of hydrogen-bond acceptors (Lipinski definition) is 6. The van der Waals surface area contributed by atoms with Crippen LogP contribution in [0.1, 0.15) is 31.5 Å². The molecule has 3 heterocycles. The molecule has 2 N–H and O–H groups in total. The molecule has 0 radical (unpaired) electrons. The predicted octanol–water partition coefficient (Wildman–Crippen LogP) is 5.51. The Morgan fingerprint density at radius 1 is 1.16 bits per heavy atom. The molecule has 1 amide bonds. The van der Waals surface area contributed by atoms with Gasteiger partial charge in [-0.1, -0.05) is 23.2 Å². The van der Waals surface area contributed by atoms with Gasteiger partial charge in [-0.3, -0.25) is 4.79 Å². The summed E-state index contributed by atoms with van der Waals surface area (Å²) in [5.41, 5.74) is 1.29. The van der Waals surface area contributed by atoms with E-state index in [-0.39, 0.29) is 23.5 Å². The minimum Gasteiger partial charge on any atom is -0.504 e. The molecule has 0 atom stereocenters. The molecule has 0 aliphatic carbocycles. The number of aromatic hydroxyl groups is 1. The molecule has 0 bridgehead atoms. The number of rotatable bonds is 5. The maximum Gasteiger partial charge on any atom is 0.274 e. The fraction of sp³-hybridized carbons (Fsp3) is 0.0909. The van der Waals surface area contributed by atoms with Crippen LogP contribution in [0.4, 0.5) is 0 Å². The Labute approximate surface area is 192 Å². The Balaban J connectivity index is 1.67. The highest BCUT2D eigenvalue weighted by Gasteiger charge is 2.19. The molecular formula is C22H16Cl2N4O2S. The Morgan fingerprint density at radius 2 is 1.94 bits per heavy atom. The van der Waals surface area contributed by atoms with Gasteiger partial charge in [-0.15, -0.1) is 16.4 Å². The van der Waals surface area contributed by atoms with Crippen LogP contribution in [-0.2, 0) is 6.54 Å². The number of nitrogens with one attached hydrogen (secondary N) is 1. The highest BCUT2D eigenvalue weighted by atomic mass is 35.5. The molecule has 156 valence electrons. The van der Waals surface area contributed by atoms with Crippen molar-refractivity contribution < 1.29 is 9.90 Å². The molecule has 9 heteroatoms. The standard InChI is InChI=1S/C22H16Cl2N4O2S/c1-12-2-3-16(31-12)4-5-18-17-6-7-26-28-19(17)21(29)20(27-18)22(30)25-11-13-8-14(23)10-15(24)9-13/h2-10,29H,11H2,1H3,(H,25,30)/b5-4-. The number of aromatic nitrogens is 3. The van der Waals surface area contributed by atoms with Gasteiger partial charge in [-0.2, -0.15) is 5.10 Å². The second-order valence-electron chi connectivity index (χ2n) is 6.73. The maximum absolute atomic E-state index is 12.8. The summed E-state index contributed by atoms with van der Waals surface area (Å²) in [6.45, 7) is 2.19. The summed E-state index contributed by atoms with van der Waals surface area (Å²) < 4.78 is 0. The fourth-order valence-electron chi connectivity index (χ4n) is 3.03. The van der Waals surface area contributed by atoms with Crippen LogP contribution < -0.4 is 5.32 Å². The number of carbonyl (C=O) groups excluding carboxylic acids is 1. The van der Waals surface area contributed by atoms with E-state index in [9.17, 15) is 9.90 Å². The first kappa shape index (κ1) is 21.2. The lowest BCUT2D eigenvalue weighted by Gasteiger charge is -2.10. The molecule has 0 saturated carbocycles. The summed E-state index contributed by atoms with van der Waals surface area (Å²) in [6.07, 6.45) is 5.22. The SMILES string of the molecule is Cc1ccc(/C=C\c2nc(C(=O)NCc3cc(Cl)cc(Cl)c3)c(O)c3nnccc23)s1. The molecule has 0 aliphatic heterocycles. The molecule has 0 aliphatic rings. The number of fused-ring (bicyclic) bond motifs is 1. The Morgan fingerprint density at radius 3 is 2.65 bits per heavy atom. The van der Waals surface area contributed by atoms with E-state index in [1.54, 1.807) is 41.7 Å². The second-order valence-corrected chi connectivity index (χ2v) is 8.92. The number of halogens is 2. The summed E-state index contributed by atoms with van der Waals surface area (Å²) in [7, 11) is 0. The Bertz CT molecular complexity index is 1300. The number of hydrogen-bond donors (Lipinski definition) is 2. The number of aryl methyl sites for hydroxylation is 1. The van der Waals surface area contributed by atoms with Crippen molar-refractivity contribution >= 4 is 63.5 Å². The number of thiophene rings is 1. The monoisotopic (exact) mass is 470 g/mol. The van der Waals surface area contributed by atoms with Gasteiger partial charge < -0.3 is 10.4 Å². The molecule has 0 unspecified atom stereocenters. The van der Waals surface area contributed by atoms with Crippen LogP contribution in [-0.4, -0.2) is 26.2 Å². The quantitative estimate of drug-likeness (QED) is 0.401. The number of amides is 1. The Hall–Kier alpha value is -3.00. The number of pyridine rings is 1. The van der Waals surface area contributed by atoms with Gasteiger partial charge in [0.15, 0.2) is 11.4 Å². The van der Waals surface area contributed by atoms with Crippen LogP contribution in [0, 0.1) is 6.92 Å². The zero-order chi connectivity index (χ0) is 22.0. The third-order valence-electron chi connectivity index (χ3n) is 4.43. The lowest BCUT2D eigenvalue weighted by Crippen LogP contribution is -2.24. The Kier molecular flexibility index (Phi) is 6.18. The molecular weight excluding hydrogens is 455 g/mol. The van der Waals surface area contributed by atoms with Gasteiger partial charge in [0, 0.05) is 31.7 Å². The zero-order valence-electron chi connectivity index (χ0n) is 16.3. The van der Waals surface area contributed by atoms with Gasteiger partial charge in [0.2, 0.25) is 0 Å². The van der Waals surface area contributed by atoms with E-state index in [4.69, 9.17) is 23.2 Å². The summed E-state index contributed by atoms with van der Waals surface area (Å²) in [6, 6.07) is 10.7. The number of nitrogens with zero attached hydrogens (tertiary/aromatic N) is 3. The number of benzene rings is 1. The molecule has 4 rings (SSSR count). The largest absolute Gasteiger partial charge is 0.504 e. The fourth-order valence-corrected chi connectivity index (χ4v) is 4.38. The smallest absolute Gasteiger partial charge is 0.274 e. The van der Waals surface area contributed by atoms with Gasteiger partial charge in [-0.25, -0.2) is 4.98 Å². The van der Waals surface area contributed by atoms with Crippen LogP contribution in [0.3, 0.4) is 0 Å². The third-order valence-corrected chi connectivity index (χ3v) is 5.84. The van der Waals surface area contributed by atoms with Crippen molar-refractivity contribution in [1.29, 1.82) is 0 Å². The van der Waals surface area contributed by atoms with Crippen LogP contribution in [0.15, 0.2) is 42.6 Å². The van der Waals surface area contributed by atoms with Gasteiger partial charge in [0.05, 0.1) is 11.9 Å². The second kappa shape index (κ2) is 9.01. The van der Waals surface area contributed by atoms with Crippen molar-refractivity contribution in [3.63, 3.8) is 0 Å². The van der Waals surface area contributed by atoms with E-state index in [2.05, 4.69) is 20.5 Å². The van der Waals surface area contributed by atoms with Crippen molar-refractivity contribution in [3.8, 4) is 5.75 Å². The van der Waals surface area contributed by atoms with E-state index >= 15 is 0 Å². The summed E-state index contributed by atoms with van der Waals surface area (Å²) in [4.78, 5) is 19.5. The average molecular weight is 471 g/mol. The minimum absolute atomic E-state index is 0.136. The summed E-state index contributed by atoms with van der Waals surface area (Å²) >= 11 is 13.7. The van der Waals surface area contributed by atoms with Gasteiger partial charge in [-0.05, 0) is 61.0 Å². The van der Waals surface area contributed by atoms with Gasteiger partial charge >= 0.3 is 0 Å². The van der Waals surface area contributed by atoms with Crippen LogP contribution >= 0.6 is 34.5 Å². The molecule has 31 heavy (non-hydrogen) atoms. The maximum atomic E-state index is 12.8. The number of carbonyl (C=O) groups is 1. The van der Waals surface area contributed by atoms with E-state index in [1.807, 2.05) is 25.1 Å². The molecule has 0 fully saturated rings. The van der Waals surface area contributed by atoms with E-state index in [1.165, 1.54) is 11.1 Å². The third kappa shape index (κ3) is 4.85. The first-order valence-corrected chi connectivity index (χ1v) is 10.8. The molecule has 1 aromatic carbocycles. The topological polar surface area (TPSA) is 88.0 Å². The zero-order valence-corrected chi connectivity index (χ0v) is 18.6. The minimum atomic E-state index is -0.553. The van der Waals surface area contributed by atoms with Crippen molar-refractivity contribution in [1.82, 2.24) is 20.5 Å². The lowest BCUT2D eigenvalue weighted by atomic mass is 10.1. The molecule has 0 saturated heterocycles. The van der Waals surface area contributed by atoms with Crippen LogP contribution in [0.25, 0.3) is 23.1 Å². The molecule has 6 nitrogen and oxygen atoms in total. The van der Waals surface area contributed by atoms with Gasteiger partial charge in [0.25, 0.3) is 5.91 Å². The molecule has 4 aromatic rings. The van der Waals surface area contributed by atoms with Crippen LogP contribution in [0.5, 0.6) is 5.75 Å². The van der Waals surface area contributed by atoms with E-state index in [0.29, 0.717) is 21.1 Å². The van der Waals surface area contributed by atoms with E-state index < -0.39 is 5.91 Å². The molecule has 3 aromatic heterocycles. The van der Waals surface area contributed by atoms with E-state index in [0.717, 1.165) is 10.4 Å². The van der Waals surface area contributed by atoms with Crippen molar-refractivity contribution in [2.24, 2.45) is 0 Å². The predicted molar refractivity (Wildman–Crippen MR) is 125 cm³/mol. The summed E-state index contributed by atoms with van der Waals surface area (Å²) in [5.74, 6) is -0.878. The van der Waals surface area contributed by atoms with Crippen LogP contribution in [0.2, 0.25) is 10.0 Å². The first-order chi connectivity index (χ1) is 14.9. The van der Waals surface area contributed by atoms with Crippen molar-refractivity contribution in [2.45, 2.75) is 13.5 Å². The first-order valence-electron chi connectivity index (χ1n) is 9.23. The van der Waals surface area contributed by atoms with Crippen molar-refractivity contribution in [2.75, 3.05) is 0 Å². The lowest BCUT2D eigenvalue weighted by molar-refractivity contribution is 0.0943. The van der Waals surface area contributed by atoms with Crippen molar-refractivity contribution in [3.05, 3.63) is 79.3 Å². The average Bonchev–Trinajstić information content (AvgIpc) is 3.16. The summed E-state index contributed by atoms with van der Waals surface area (Å²) in [5, 5.41) is 22.7. The van der Waals surface area contributed by atoms with Gasteiger partial charge in [0.1, 0.15) is 5.52 Å². The normalized spacial score (nSPS) is 11.3.